The Morgan fingerprint density at radius 2 is 1.88 bits per heavy atom. The molecule has 0 atom stereocenters. The molecule has 1 heterocycles. The first-order valence-corrected chi connectivity index (χ1v) is 7.40. The number of carbonyl (C=O) groups excluding carboxylic acids is 1. The lowest BCUT2D eigenvalue weighted by molar-refractivity contribution is 0.0516. The van der Waals surface area contributed by atoms with Crippen LogP contribution in [0.25, 0.3) is 22.1 Å². The number of fused-ring (bicyclic) bond motifs is 1. The Hall–Kier alpha value is -3.61. The number of carbonyl (C=O) groups is 1. The maximum absolute atomic E-state index is 12.2. The first kappa shape index (κ1) is 16.3. The monoisotopic (exact) mass is 337 g/mol. The molecule has 0 saturated heterocycles. The Labute approximate surface area is 142 Å². The van der Waals surface area contributed by atoms with E-state index in [4.69, 9.17) is 20.7 Å². The van der Waals surface area contributed by atoms with Crippen LogP contribution in [0.5, 0.6) is 0 Å². The normalized spacial score (nSPS) is 10.4. The zero-order chi connectivity index (χ0) is 18.0. The van der Waals surface area contributed by atoms with E-state index in [1.807, 2.05) is 19.1 Å². The van der Waals surface area contributed by atoms with Crippen LogP contribution in [0.2, 0.25) is 0 Å². The van der Waals surface area contributed by atoms with E-state index in [1.165, 1.54) is 6.07 Å². The number of hydrogen-bond donors (Lipinski definition) is 2. The average Bonchev–Trinajstić information content (AvgIpc) is 2.59. The van der Waals surface area contributed by atoms with E-state index < -0.39 is 11.6 Å². The Morgan fingerprint density at radius 3 is 2.64 bits per heavy atom. The summed E-state index contributed by atoms with van der Waals surface area (Å²) in [5, 5.41) is 4.09. The third-order valence-electron chi connectivity index (χ3n) is 3.64. The molecule has 0 aliphatic heterocycles. The second-order valence-electron chi connectivity index (χ2n) is 5.40. The Balaban J connectivity index is 2.11. The highest BCUT2D eigenvalue weighted by Gasteiger charge is 2.15. The zero-order valence-electron chi connectivity index (χ0n) is 13.4. The predicted octanol–water partition coefficient (Wildman–Crippen LogP) is 2.11. The van der Waals surface area contributed by atoms with Gasteiger partial charge in [0.1, 0.15) is 5.58 Å². The van der Waals surface area contributed by atoms with Crippen LogP contribution in [0.3, 0.4) is 0 Å². The quantitative estimate of drug-likeness (QED) is 0.248. The molecule has 0 unspecified atom stereocenters. The third kappa shape index (κ3) is 3.35. The summed E-state index contributed by atoms with van der Waals surface area (Å²) in [4.78, 5) is 28.5. The van der Waals surface area contributed by atoms with Gasteiger partial charge in [0.05, 0.1) is 5.56 Å². The number of hydrogen-bond acceptors (Lipinski definition) is 5. The highest BCUT2D eigenvalue weighted by atomic mass is 16.7. The molecule has 25 heavy (non-hydrogen) atoms. The van der Waals surface area contributed by atoms with Crippen molar-refractivity contribution in [1.29, 1.82) is 0 Å². The van der Waals surface area contributed by atoms with Gasteiger partial charge in [0.15, 0.2) is 0 Å². The van der Waals surface area contributed by atoms with Crippen molar-refractivity contribution in [1.82, 2.24) is 0 Å². The van der Waals surface area contributed by atoms with Gasteiger partial charge in [-0.1, -0.05) is 30.3 Å². The Morgan fingerprint density at radius 1 is 1.12 bits per heavy atom. The summed E-state index contributed by atoms with van der Waals surface area (Å²) in [6, 6.07) is 13.6. The smallest absolute Gasteiger partial charge is 0.366 e. The maximum Gasteiger partial charge on any atom is 0.366 e. The molecule has 0 aliphatic carbocycles. The second-order valence-corrected chi connectivity index (χ2v) is 5.40. The van der Waals surface area contributed by atoms with Crippen LogP contribution >= 0.6 is 0 Å². The van der Waals surface area contributed by atoms with Gasteiger partial charge in [-0.2, -0.15) is 0 Å². The van der Waals surface area contributed by atoms with Gasteiger partial charge in [-0.25, -0.2) is 9.59 Å². The summed E-state index contributed by atoms with van der Waals surface area (Å²) < 4.78 is 5.26. The first-order valence-electron chi connectivity index (χ1n) is 7.40. The lowest BCUT2D eigenvalue weighted by Gasteiger charge is -2.09. The van der Waals surface area contributed by atoms with E-state index in [2.05, 4.69) is 5.16 Å². The number of aryl methyl sites for hydroxylation is 1. The summed E-state index contributed by atoms with van der Waals surface area (Å²) in [5.74, 6) is -1.05. The van der Waals surface area contributed by atoms with Gasteiger partial charge in [-0.15, -0.1) is 0 Å². The number of nitrogens with zero attached hydrogens (tertiary/aromatic N) is 1. The number of guanidine groups is 1. The fourth-order valence-electron chi connectivity index (χ4n) is 2.55. The second kappa shape index (κ2) is 6.48. The summed E-state index contributed by atoms with van der Waals surface area (Å²) in [6.45, 7) is 1.83. The molecule has 2 aromatic carbocycles. The standard InChI is InChI=1S/C18H15N3O4/c1-10-8-16(22)24-15-9-11(6-7-12(10)15)13-4-2-3-5-14(13)17(23)25-21-18(19)20/h2-9H,1H3,(H4,19,20,21). The Bertz CT molecular complexity index is 1050. The molecular formula is C18H15N3O4. The fourth-order valence-corrected chi connectivity index (χ4v) is 2.55. The average molecular weight is 337 g/mol. The highest BCUT2D eigenvalue weighted by molar-refractivity contribution is 5.98. The molecule has 0 bridgehead atoms. The van der Waals surface area contributed by atoms with Gasteiger partial charge in [0.2, 0.25) is 5.96 Å². The predicted molar refractivity (Wildman–Crippen MR) is 93.9 cm³/mol. The van der Waals surface area contributed by atoms with Crippen LogP contribution in [-0.4, -0.2) is 11.9 Å². The van der Waals surface area contributed by atoms with Gasteiger partial charge >= 0.3 is 11.6 Å². The third-order valence-corrected chi connectivity index (χ3v) is 3.64. The van der Waals surface area contributed by atoms with Crippen molar-refractivity contribution in [3.8, 4) is 11.1 Å². The molecule has 7 heteroatoms. The summed E-state index contributed by atoms with van der Waals surface area (Å²) in [7, 11) is 0. The molecule has 0 amide bonds. The van der Waals surface area contributed by atoms with Crippen molar-refractivity contribution >= 4 is 22.9 Å². The number of nitrogens with two attached hydrogens (primary N) is 2. The molecule has 0 aliphatic rings. The van der Waals surface area contributed by atoms with Crippen LogP contribution in [0, 0.1) is 6.92 Å². The molecular weight excluding hydrogens is 322 g/mol. The molecule has 0 saturated carbocycles. The van der Waals surface area contributed by atoms with Gasteiger partial charge in [0.25, 0.3) is 0 Å². The lowest BCUT2D eigenvalue weighted by Crippen LogP contribution is -2.23. The van der Waals surface area contributed by atoms with Crippen molar-refractivity contribution in [2.75, 3.05) is 0 Å². The minimum absolute atomic E-state index is 0.279. The van der Waals surface area contributed by atoms with Crippen molar-refractivity contribution in [3.63, 3.8) is 0 Å². The molecule has 4 N–H and O–H groups in total. The maximum atomic E-state index is 12.2. The van der Waals surface area contributed by atoms with E-state index in [9.17, 15) is 9.59 Å². The van der Waals surface area contributed by atoms with Crippen LogP contribution in [0.15, 0.2) is 62.9 Å². The van der Waals surface area contributed by atoms with Gasteiger partial charge in [-0.3, -0.25) is 0 Å². The first-order chi connectivity index (χ1) is 12.0. The SMILES string of the molecule is Cc1cc(=O)oc2cc(-c3ccccc3C(=O)ON=C(N)N)ccc12. The van der Waals surface area contributed by atoms with Crippen molar-refractivity contribution in [3.05, 3.63) is 70.1 Å². The van der Waals surface area contributed by atoms with Crippen molar-refractivity contribution < 1.29 is 14.0 Å². The van der Waals surface area contributed by atoms with Gasteiger partial charge < -0.3 is 20.7 Å². The summed E-state index contributed by atoms with van der Waals surface area (Å²) in [5.41, 5.74) is 12.7. The van der Waals surface area contributed by atoms with E-state index in [0.717, 1.165) is 10.9 Å². The van der Waals surface area contributed by atoms with Crippen LogP contribution < -0.4 is 17.1 Å². The van der Waals surface area contributed by atoms with Crippen LogP contribution in [0.4, 0.5) is 0 Å². The minimum atomic E-state index is -0.699. The molecule has 0 radical (unpaired) electrons. The zero-order valence-corrected chi connectivity index (χ0v) is 13.4. The van der Waals surface area contributed by atoms with E-state index in [1.54, 1.807) is 30.3 Å². The Kier molecular flexibility index (Phi) is 4.21. The number of benzene rings is 2. The topological polar surface area (TPSA) is 121 Å². The van der Waals surface area contributed by atoms with Crippen molar-refractivity contribution in [2.45, 2.75) is 6.92 Å². The van der Waals surface area contributed by atoms with Gasteiger partial charge in [0, 0.05) is 11.5 Å². The number of oxime groups is 1. The molecule has 3 rings (SSSR count). The van der Waals surface area contributed by atoms with Gasteiger partial charge in [-0.05, 0) is 40.9 Å². The molecule has 0 fully saturated rings. The molecule has 1 aromatic heterocycles. The summed E-state index contributed by atoms with van der Waals surface area (Å²) >= 11 is 0. The largest absolute Gasteiger partial charge is 0.423 e. The van der Waals surface area contributed by atoms with E-state index in [0.29, 0.717) is 16.7 Å². The fraction of sp³-hybridized carbons (Fsp3) is 0.0556. The van der Waals surface area contributed by atoms with Crippen LogP contribution in [-0.2, 0) is 4.84 Å². The molecule has 7 nitrogen and oxygen atoms in total. The highest BCUT2D eigenvalue weighted by Crippen LogP contribution is 2.28. The lowest BCUT2D eigenvalue weighted by atomic mass is 9.98. The van der Waals surface area contributed by atoms with E-state index in [-0.39, 0.29) is 11.5 Å². The molecule has 0 spiro atoms. The number of rotatable bonds is 3. The van der Waals surface area contributed by atoms with Crippen molar-refractivity contribution in [2.24, 2.45) is 16.6 Å². The molecule has 126 valence electrons. The van der Waals surface area contributed by atoms with E-state index >= 15 is 0 Å². The summed E-state index contributed by atoms with van der Waals surface area (Å²) in [6.07, 6.45) is 0. The minimum Gasteiger partial charge on any atom is -0.423 e. The van der Waals surface area contributed by atoms with Crippen LogP contribution in [0.1, 0.15) is 15.9 Å². The molecule has 3 aromatic rings.